The molecule has 0 spiro atoms. The van der Waals surface area contributed by atoms with Gasteiger partial charge in [-0.05, 0) is 47.9 Å². The molecule has 124 valence electrons. The standard InChI is InChI=1S/C22H18O3/c1-15-7-6-10-19(20(15)16-8-4-3-5-9-16)22(24)21(23)17-11-13-18(25-2)14-12-17/h3-14H,1-2H3. The lowest BCUT2D eigenvalue weighted by Gasteiger charge is -2.12. The fraction of sp³-hybridized carbons (Fsp3) is 0.0909. The molecule has 0 aliphatic carbocycles. The predicted molar refractivity (Wildman–Crippen MR) is 98.3 cm³/mol. The summed E-state index contributed by atoms with van der Waals surface area (Å²) >= 11 is 0. The molecule has 25 heavy (non-hydrogen) atoms. The zero-order valence-electron chi connectivity index (χ0n) is 14.2. The lowest BCUT2D eigenvalue weighted by molar-refractivity contribution is 0.0817. The smallest absolute Gasteiger partial charge is 0.234 e. The number of rotatable bonds is 5. The Kier molecular flexibility index (Phi) is 4.75. The summed E-state index contributed by atoms with van der Waals surface area (Å²) in [6.45, 7) is 1.94. The number of carbonyl (C=O) groups is 2. The third-order valence-electron chi connectivity index (χ3n) is 4.14. The highest BCUT2D eigenvalue weighted by Gasteiger charge is 2.22. The minimum atomic E-state index is -0.523. The summed E-state index contributed by atoms with van der Waals surface area (Å²) < 4.78 is 5.09. The van der Waals surface area contributed by atoms with Crippen molar-refractivity contribution in [2.24, 2.45) is 0 Å². The number of hydrogen-bond acceptors (Lipinski definition) is 3. The Balaban J connectivity index is 2.02. The van der Waals surface area contributed by atoms with E-state index in [4.69, 9.17) is 4.74 Å². The SMILES string of the molecule is COc1ccc(C(=O)C(=O)c2cccc(C)c2-c2ccccc2)cc1. The molecule has 0 aliphatic rings. The number of carbonyl (C=O) groups excluding carboxylic acids is 2. The van der Waals surface area contributed by atoms with Crippen LogP contribution in [0.3, 0.4) is 0 Å². The van der Waals surface area contributed by atoms with E-state index in [9.17, 15) is 9.59 Å². The third kappa shape index (κ3) is 3.36. The van der Waals surface area contributed by atoms with Crippen LogP contribution < -0.4 is 4.74 Å². The lowest BCUT2D eigenvalue weighted by Crippen LogP contribution is -2.16. The molecule has 3 nitrogen and oxygen atoms in total. The number of ether oxygens (including phenoxy) is 1. The Bertz CT molecular complexity index is 910. The van der Waals surface area contributed by atoms with Crippen molar-refractivity contribution in [1.82, 2.24) is 0 Å². The summed E-state index contributed by atoms with van der Waals surface area (Å²) in [6, 6.07) is 21.7. The maximum atomic E-state index is 12.9. The highest BCUT2D eigenvalue weighted by molar-refractivity contribution is 6.50. The number of hydrogen-bond donors (Lipinski definition) is 0. The van der Waals surface area contributed by atoms with Crippen LogP contribution in [0.1, 0.15) is 26.3 Å². The van der Waals surface area contributed by atoms with Crippen molar-refractivity contribution in [2.75, 3.05) is 7.11 Å². The van der Waals surface area contributed by atoms with Gasteiger partial charge in [-0.15, -0.1) is 0 Å². The Labute approximate surface area is 146 Å². The first kappa shape index (κ1) is 16.7. The van der Waals surface area contributed by atoms with E-state index < -0.39 is 11.6 Å². The number of ketones is 2. The molecule has 0 N–H and O–H groups in total. The number of methoxy groups -OCH3 is 1. The Hall–Kier alpha value is -3.20. The van der Waals surface area contributed by atoms with Gasteiger partial charge >= 0.3 is 0 Å². The van der Waals surface area contributed by atoms with Gasteiger partial charge in [0.05, 0.1) is 7.11 Å². The van der Waals surface area contributed by atoms with Gasteiger partial charge in [-0.1, -0.05) is 48.5 Å². The molecule has 0 radical (unpaired) electrons. The van der Waals surface area contributed by atoms with Gasteiger partial charge in [-0.25, -0.2) is 0 Å². The molecule has 0 unspecified atom stereocenters. The van der Waals surface area contributed by atoms with Gasteiger partial charge in [0, 0.05) is 11.1 Å². The predicted octanol–water partition coefficient (Wildman–Crippen LogP) is 4.74. The second-order valence-corrected chi connectivity index (χ2v) is 5.75. The molecule has 0 saturated carbocycles. The van der Waals surface area contributed by atoms with Crippen molar-refractivity contribution in [2.45, 2.75) is 6.92 Å². The molecular weight excluding hydrogens is 312 g/mol. The third-order valence-corrected chi connectivity index (χ3v) is 4.14. The van der Waals surface area contributed by atoms with E-state index in [1.54, 1.807) is 43.5 Å². The summed E-state index contributed by atoms with van der Waals surface area (Å²) in [5, 5.41) is 0. The van der Waals surface area contributed by atoms with Crippen molar-refractivity contribution in [3.05, 3.63) is 89.5 Å². The second-order valence-electron chi connectivity index (χ2n) is 5.75. The maximum absolute atomic E-state index is 12.9. The minimum absolute atomic E-state index is 0.353. The molecule has 0 fully saturated rings. The molecule has 0 heterocycles. The summed E-state index contributed by atoms with van der Waals surface area (Å²) in [4.78, 5) is 25.5. The number of benzene rings is 3. The fourth-order valence-corrected chi connectivity index (χ4v) is 2.84. The van der Waals surface area contributed by atoms with Crippen LogP contribution in [0.5, 0.6) is 5.75 Å². The monoisotopic (exact) mass is 330 g/mol. The van der Waals surface area contributed by atoms with Gasteiger partial charge in [0.25, 0.3) is 0 Å². The molecule has 0 amide bonds. The highest BCUT2D eigenvalue weighted by atomic mass is 16.5. The van der Waals surface area contributed by atoms with Crippen LogP contribution in [0.25, 0.3) is 11.1 Å². The zero-order chi connectivity index (χ0) is 17.8. The molecule has 3 aromatic rings. The summed E-state index contributed by atoms with van der Waals surface area (Å²) in [6.07, 6.45) is 0. The van der Waals surface area contributed by atoms with Crippen molar-refractivity contribution >= 4 is 11.6 Å². The number of aryl methyl sites for hydroxylation is 1. The summed E-state index contributed by atoms with van der Waals surface area (Å²) in [5.41, 5.74) is 3.46. The van der Waals surface area contributed by atoms with Crippen LogP contribution in [0, 0.1) is 6.92 Å². The molecule has 0 aliphatic heterocycles. The fourth-order valence-electron chi connectivity index (χ4n) is 2.84. The van der Waals surface area contributed by atoms with Gasteiger partial charge in [-0.2, -0.15) is 0 Å². The molecule has 3 heteroatoms. The Morgan fingerprint density at radius 1 is 0.760 bits per heavy atom. The first-order chi connectivity index (χ1) is 12.1. The highest BCUT2D eigenvalue weighted by Crippen LogP contribution is 2.28. The molecule has 0 atom stereocenters. The van der Waals surface area contributed by atoms with E-state index in [1.807, 2.05) is 43.3 Å². The van der Waals surface area contributed by atoms with Crippen LogP contribution in [0.15, 0.2) is 72.8 Å². The minimum Gasteiger partial charge on any atom is -0.497 e. The van der Waals surface area contributed by atoms with E-state index in [0.717, 1.165) is 16.7 Å². The lowest BCUT2D eigenvalue weighted by atomic mass is 9.90. The average Bonchev–Trinajstić information content (AvgIpc) is 2.67. The Morgan fingerprint density at radius 3 is 2.08 bits per heavy atom. The van der Waals surface area contributed by atoms with Gasteiger partial charge in [0.15, 0.2) is 0 Å². The van der Waals surface area contributed by atoms with Crippen LogP contribution in [0.2, 0.25) is 0 Å². The zero-order valence-corrected chi connectivity index (χ0v) is 14.2. The number of Topliss-reactive ketones (excluding diaryl/α,β-unsaturated/α-hetero) is 2. The van der Waals surface area contributed by atoms with Gasteiger partial charge in [-0.3, -0.25) is 9.59 Å². The van der Waals surface area contributed by atoms with Crippen molar-refractivity contribution < 1.29 is 14.3 Å². The van der Waals surface area contributed by atoms with Crippen molar-refractivity contribution in [3.63, 3.8) is 0 Å². The van der Waals surface area contributed by atoms with Crippen LogP contribution in [-0.4, -0.2) is 18.7 Å². The largest absolute Gasteiger partial charge is 0.497 e. The molecule has 0 saturated heterocycles. The van der Waals surface area contributed by atoms with E-state index >= 15 is 0 Å². The molecule has 3 aromatic carbocycles. The molecule has 0 aromatic heterocycles. The molecular formula is C22H18O3. The second kappa shape index (κ2) is 7.14. The van der Waals surface area contributed by atoms with Crippen molar-refractivity contribution in [1.29, 1.82) is 0 Å². The normalized spacial score (nSPS) is 10.3. The van der Waals surface area contributed by atoms with Gasteiger partial charge in [0.2, 0.25) is 11.6 Å². The first-order valence-corrected chi connectivity index (χ1v) is 8.00. The topological polar surface area (TPSA) is 43.4 Å². The van der Waals surface area contributed by atoms with Crippen molar-refractivity contribution in [3.8, 4) is 16.9 Å². The average molecular weight is 330 g/mol. The van der Waals surface area contributed by atoms with E-state index in [-0.39, 0.29) is 0 Å². The molecule has 3 rings (SSSR count). The quantitative estimate of drug-likeness (QED) is 0.501. The van der Waals surface area contributed by atoms with Crippen LogP contribution in [-0.2, 0) is 0 Å². The van der Waals surface area contributed by atoms with Gasteiger partial charge in [0.1, 0.15) is 5.75 Å². The van der Waals surface area contributed by atoms with E-state index in [1.165, 1.54) is 0 Å². The summed E-state index contributed by atoms with van der Waals surface area (Å²) in [7, 11) is 1.56. The molecule has 0 bridgehead atoms. The van der Waals surface area contributed by atoms with Crippen LogP contribution in [0.4, 0.5) is 0 Å². The first-order valence-electron chi connectivity index (χ1n) is 8.00. The Morgan fingerprint density at radius 2 is 1.44 bits per heavy atom. The summed E-state index contributed by atoms with van der Waals surface area (Å²) in [5.74, 6) is -0.386. The van der Waals surface area contributed by atoms with Crippen LogP contribution >= 0.6 is 0 Å². The van der Waals surface area contributed by atoms with Gasteiger partial charge < -0.3 is 4.74 Å². The maximum Gasteiger partial charge on any atom is 0.234 e. The van der Waals surface area contributed by atoms with E-state index in [0.29, 0.717) is 16.9 Å². The van der Waals surface area contributed by atoms with E-state index in [2.05, 4.69) is 0 Å².